The van der Waals surface area contributed by atoms with Crippen molar-refractivity contribution in [2.45, 2.75) is 38.8 Å². The molecule has 0 saturated carbocycles. The number of aryl methyl sites for hydroxylation is 1. The van der Waals surface area contributed by atoms with Crippen LogP contribution in [-0.4, -0.2) is 52.2 Å². The minimum Gasteiger partial charge on any atom is -0.489 e. The van der Waals surface area contributed by atoms with E-state index in [0.29, 0.717) is 23.4 Å². The zero-order chi connectivity index (χ0) is 25.9. The lowest BCUT2D eigenvalue weighted by Gasteiger charge is -2.20. The number of benzene rings is 1. The number of hydrogen-bond acceptors (Lipinski definition) is 6. The van der Waals surface area contributed by atoms with Crippen molar-refractivity contribution < 1.29 is 19.4 Å². The maximum Gasteiger partial charge on any atom is 0.270 e. The Morgan fingerprint density at radius 3 is 2.78 bits per heavy atom. The molecule has 184 valence electrons. The van der Waals surface area contributed by atoms with E-state index in [2.05, 4.69) is 27.1 Å². The highest BCUT2D eigenvalue weighted by molar-refractivity contribution is 6.03. The van der Waals surface area contributed by atoms with Crippen molar-refractivity contribution in [1.29, 1.82) is 0 Å². The molecule has 1 aliphatic heterocycles. The molecule has 0 fully saturated rings. The highest BCUT2D eigenvalue weighted by Crippen LogP contribution is 2.31. The molecule has 2 N–H and O–H groups in total. The van der Waals surface area contributed by atoms with Crippen molar-refractivity contribution in [2.75, 3.05) is 18.6 Å². The molecule has 0 bridgehead atoms. The number of carbonyl (C=O) groups excluding carboxylic acids is 2. The summed E-state index contributed by atoms with van der Waals surface area (Å²) in [4.78, 5) is 36.1. The molecule has 0 saturated heterocycles. The van der Waals surface area contributed by atoms with Gasteiger partial charge in [-0.1, -0.05) is 17.9 Å². The third kappa shape index (κ3) is 5.88. The summed E-state index contributed by atoms with van der Waals surface area (Å²) in [6.45, 7) is 5.12. The molecular formula is C28H28N4O4. The van der Waals surface area contributed by atoms with E-state index in [1.807, 2.05) is 25.1 Å². The molecule has 1 aliphatic rings. The van der Waals surface area contributed by atoms with Crippen LogP contribution in [0.2, 0.25) is 0 Å². The maximum atomic E-state index is 13.2. The Kier molecular flexibility index (Phi) is 7.04. The van der Waals surface area contributed by atoms with Crippen molar-refractivity contribution in [1.82, 2.24) is 15.3 Å². The van der Waals surface area contributed by atoms with Gasteiger partial charge in [0, 0.05) is 30.7 Å². The van der Waals surface area contributed by atoms with E-state index in [1.54, 1.807) is 57.6 Å². The number of ether oxygens (including phenoxy) is 1. The van der Waals surface area contributed by atoms with E-state index >= 15 is 0 Å². The summed E-state index contributed by atoms with van der Waals surface area (Å²) in [7, 11) is 1.62. The fraction of sp³-hybridized carbons (Fsp3) is 0.286. The van der Waals surface area contributed by atoms with E-state index in [-0.39, 0.29) is 18.2 Å². The number of rotatable bonds is 4. The summed E-state index contributed by atoms with van der Waals surface area (Å²) >= 11 is 0. The Labute approximate surface area is 210 Å². The Morgan fingerprint density at radius 2 is 2.03 bits per heavy atom. The van der Waals surface area contributed by atoms with Gasteiger partial charge in [0.1, 0.15) is 29.7 Å². The topological polar surface area (TPSA) is 105 Å². The molecule has 1 unspecified atom stereocenters. The van der Waals surface area contributed by atoms with Crippen molar-refractivity contribution >= 4 is 17.5 Å². The first-order chi connectivity index (χ1) is 17.1. The van der Waals surface area contributed by atoms with Crippen molar-refractivity contribution in [3.05, 3.63) is 82.9 Å². The molecule has 0 aliphatic carbocycles. The zero-order valence-electron chi connectivity index (χ0n) is 20.7. The summed E-state index contributed by atoms with van der Waals surface area (Å²) in [5.74, 6) is 5.38. The van der Waals surface area contributed by atoms with Crippen molar-refractivity contribution in [3.63, 3.8) is 0 Å². The smallest absolute Gasteiger partial charge is 0.270 e. The third-order valence-electron chi connectivity index (χ3n) is 5.74. The molecule has 3 aromatic rings. The molecule has 1 aromatic carbocycles. The van der Waals surface area contributed by atoms with E-state index in [4.69, 9.17) is 4.74 Å². The lowest BCUT2D eigenvalue weighted by Crippen LogP contribution is -2.49. The Balaban J connectivity index is 1.49. The second-order valence-corrected chi connectivity index (χ2v) is 9.20. The van der Waals surface area contributed by atoms with Gasteiger partial charge >= 0.3 is 0 Å². The van der Waals surface area contributed by atoms with Crippen molar-refractivity contribution in [2.24, 2.45) is 0 Å². The number of fused-ring (bicyclic) bond motifs is 1. The van der Waals surface area contributed by atoms with E-state index < -0.39 is 17.6 Å². The van der Waals surface area contributed by atoms with Gasteiger partial charge in [0.15, 0.2) is 0 Å². The van der Waals surface area contributed by atoms with Gasteiger partial charge in [0.05, 0.1) is 5.69 Å². The summed E-state index contributed by atoms with van der Waals surface area (Å²) in [5, 5.41) is 12.6. The predicted octanol–water partition coefficient (Wildman–Crippen LogP) is 2.65. The number of nitrogens with one attached hydrogen (secondary N) is 1. The van der Waals surface area contributed by atoms with Gasteiger partial charge in [-0.25, -0.2) is 0 Å². The normalized spacial score (nSPS) is 15.2. The van der Waals surface area contributed by atoms with Crippen LogP contribution >= 0.6 is 0 Å². The highest BCUT2D eigenvalue weighted by Gasteiger charge is 2.31. The molecule has 0 radical (unpaired) electrons. The van der Waals surface area contributed by atoms with Crippen LogP contribution in [0.15, 0.2) is 54.9 Å². The first-order valence-corrected chi connectivity index (χ1v) is 11.6. The standard InChI is InChI=1S/C28H28N4O4/c1-18-21(6-5-12-29-18)14-20-10-13-30-22(15-20)26(33)31-23-17-36-25-8-7-19(9-11-28(2,3)35)16-24(25)32(4)27(23)34/h5-8,10,12-13,15-16,23,35H,14,17H2,1-4H3,(H,31,33). The van der Waals surface area contributed by atoms with Crippen molar-refractivity contribution in [3.8, 4) is 17.6 Å². The van der Waals surface area contributed by atoms with Gasteiger partial charge in [-0.2, -0.15) is 0 Å². The zero-order valence-corrected chi connectivity index (χ0v) is 20.7. The molecule has 2 amide bonds. The number of likely N-dealkylation sites (N-methyl/N-ethyl adjacent to an activating group) is 1. The average molecular weight is 485 g/mol. The van der Waals surface area contributed by atoms with Gasteiger partial charge in [0.25, 0.3) is 11.8 Å². The molecule has 4 rings (SSSR count). The fourth-order valence-corrected chi connectivity index (χ4v) is 3.77. The van der Waals surface area contributed by atoms with Crippen LogP contribution in [-0.2, 0) is 11.2 Å². The van der Waals surface area contributed by atoms with Crippen LogP contribution in [0, 0.1) is 18.8 Å². The number of carbonyl (C=O) groups is 2. The number of aromatic nitrogens is 2. The van der Waals surface area contributed by atoms with E-state index in [9.17, 15) is 14.7 Å². The fourth-order valence-electron chi connectivity index (χ4n) is 3.77. The first kappa shape index (κ1) is 24.9. The van der Waals surface area contributed by atoms with Crippen LogP contribution in [0.1, 0.15) is 46.7 Å². The van der Waals surface area contributed by atoms with Gasteiger partial charge in [-0.3, -0.25) is 19.6 Å². The van der Waals surface area contributed by atoms with Crippen LogP contribution in [0.4, 0.5) is 5.69 Å². The second kappa shape index (κ2) is 10.2. The number of pyridine rings is 2. The first-order valence-electron chi connectivity index (χ1n) is 11.6. The van der Waals surface area contributed by atoms with Crippen LogP contribution < -0.4 is 15.0 Å². The average Bonchev–Trinajstić information content (AvgIpc) is 2.96. The molecule has 0 spiro atoms. The monoisotopic (exact) mass is 484 g/mol. The Bertz CT molecular complexity index is 1370. The van der Waals surface area contributed by atoms with Gasteiger partial charge < -0.3 is 20.1 Å². The molecule has 1 atom stereocenters. The van der Waals surface area contributed by atoms with Gasteiger partial charge in [-0.15, -0.1) is 0 Å². The van der Waals surface area contributed by atoms with E-state index in [1.165, 1.54) is 4.90 Å². The lowest BCUT2D eigenvalue weighted by atomic mass is 10.0. The molecule has 36 heavy (non-hydrogen) atoms. The summed E-state index contributed by atoms with van der Waals surface area (Å²) in [6.07, 6.45) is 3.94. The molecule has 2 aromatic heterocycles. The summed E-state index contributed by atoms with van der Waals surface area (Å²) in [5.41, 5.74) is 3.15. The third-order valence-corrected chi connectivity index (χ3v) is 5.74. The van der Waals surface area contributed by atoms with Gasteiger partial charge in [-0.05, 0) is 74.7 Å². The predicted molar refractivity (Wildman–Crippen MR) is 136 cm³/mol. The van der Waals surface area contributed by atoms with Gasteiger partial charge in [0.2, 0.25) is 0 Å². The largest absolute Gasteiger partial charge is 0.489 e. The molecule has 8 heteroatoms. The lowest BCUT2D eigenvalue weighted by molar-refractivity contribution is -0.120. The molecular weight excluding hydrogens is 456 g/mol. The highest BCUT2D eigenvalue weighted by atomic mass is 16.5. The summed E-state index contributed by atoms with van der Waals surface area (Å²) in [6, 6.07) is 11.8. The maximum absolute atomic E-state index is 13.2. The number of anilines is 1. The van der Waals surface area contributed by atoms with Crippen LogP contribution in [0.3, 0.4) is 0 Å². The molecule has 8 nitrogen and oxygen atoms in total. The van der Waals surface area contributed by atoms with Crippen LogP contribution in [0.5, 0.6) is 5.75 Å². The number of aliphatic hydroxyl groups is 1. The minimum absolute atomic E-state index is 0.0226. The summed E-state index contributed by atoms with van der Waals surface area (Å²) < 4.78 is 5.85. The number of amides is 2. The minimum atomic E-state index is -1.14. The Hall–Kier alpha value is -4.22. The number of hydrogen-bond donors (Lipinski definition) is 2. The second-order valence-electron chi connectivity index (χ2n) is 9.20. The van der Waals surface area contributed by atoms with Crippen LogP contribution in [0.25, 0.3) is 0 Å². The Morgan fingerprint density at radius 1 is 1.22 bits per heavy atom. The SMILES string of the molecule is Cc1ncccc1Cc1ccnc(C(=O)NC2COc3ccc(C#CC(C)(C)O)cc3N(C)C2=O)c1. The quantitative estimate of drug-likeness (QED) is 0.552. The molecule has 3 heterocycles. The van der Waals surface area contributed by atoms with E-state index in [0.717, 1.165) is 16.8 Å². The number of nitrogens with zero attached hydrogens (tertiary/aromatic N) is 3.